The molecule has 1 N–H and O–H groups in total. The van der Waals surface area contributed by atoms with Crippen molar-refractivity contribution in [1.29, 1.82) is 0 Å². The van der Waals surface area contributed by atoms with Gasteiger partial charge in [-0.05, 0) is 31.7 Å². The van der Waals surface area contributed by atoms with E-state index in [1.54, 1.807) is 18.2 Å². The Morgan fingerprint density at radius 3 is 2.72 bits per heavy atom. The Kier molecular flexibility index (Phi) is 5.43. The van der Waals surface area contributed by atoms with E-state index in [0.29, 0.717) is 18.1 Å². The van der Waals surface area contributed by atoms with Crippen LogP contribution in [0.5, 0.6) is 0 Å². The van der Waals surface area contributed by atoms with Gasteiger partial charge >= 0.3 is 0 Å². The summed E-state index contributed by atoms with van der Waals surface area (Å²) in [7, 11) is -1.55. The first-order valence-corrected chi connectivity index (χ1v) is 7.29. The molecule has 1 atom stereocenters. The molecule has 0 unspecified atom stereocenters. The van der Waals surface area contributed by atoms with Crippen molar-refractivity contribution in [2.24, 2.45) is 0 Å². The summed E-state index contributed by atoms with van der Waals surface area (Å²) in [6.07, 6.45) is 0.844. The topological polar surface area (TPSA) is 49.4 Å². The zero-order chi connectivity index (χ0) is 12.5. The smallest absolute Gasteiger partial charge is 0.243 e. The van der Waals surface area contributed by atoms with Gasteiger partial charge in [0, 0.05) is 24.2 Å². The molecule has 102 valence electrons. The molecular formula is C11H16Cl2N2O2S. The lowest BCUT2D eigenvalue weighted by molar-refractivity contribution is 0.464. The number of likely N-dealkylation sites (N-methyl/N-ethyl adjacent to an activating group) is 1. The number of hydrogen-bond donors (Lipinski definition) is 1. The van der Waals surface area contributed by atoms with Crippen molar-refractivity contribution in [3.63, 3.8) is 0 Å². The number of halogens is 2. The predicted molar refractivity (Wildman–Crippen MR) is 74.9 cm³/mol. The Hall–Kier alpha value is -0.330. The zero-order valence-electron chi connectivity index (χ0n) is 9.97. The van der Waals surface area contributed by atoms with E-state index in [9.17, 15) is 8.42 Å². The summed E-state index contributed by atoms with van der Waals surface area (Å²) in [4.78, 5) is 0.266. The van der Waals surface area contributed by atoms with Crippen LogP contribution in [0, 0.1) is 0 Å². The first-order valence-electron chi connectivity index (χ1n) is 5.47. The maximum absolute atomic E-state index is 12.3. The maximum atomic E-state index is 12.3. The molecule has 0 spiro atoms. The average molecular weight is 311 g/mol. The molecule has 0 bridgehead atoms. The average Bonchev–Trinajstić information content (AvgIpc) is 2.78. The summed E-state index contributed by atoms with van der Waals surface area (Å²) in [5.41, 5.74) is 0. The van der Waals surface area contributed by atoms with Crippen molar-refractivity contribution in [3.05, 3.63) is 29.3 Å². The van der Waals surface area contributed by atoms with E-state index >= 15 is 0 Å². The highest BCUT2D eigenvalue weighted by Gasteiger charge is 2.31. The summed E-state index contributed by atoms with van der Waals surface area (Å²) in [5, 5.41) is 3.54. The zero-order valence-corrected chi connectivity index (χ0v) is 12.4. The van der Waals surface area contributed by atoms with E-state index in [2.05, 4.69) is 5.32 Å². The molecule has 0 aliphatic carbocycles. The third kappa shape index (κ3) is 3.16. The van der Waals surface area contributed by atoms with Crippen LogP contribution >= 0.6 is 24.0 Å². The van der Waals surface area contributed by atoms with Gasteiger partial charge in [0.25, 0.3) is 0 Å². The first-order chi connectivity index (χ1) is 8.04. The first kappa shape index (κ1) is 15.7. The van der Waals surface area contributed by atoms with Crippen LogP contribution in [0.2, 0.25) is 5.02 Å². The molecule has 4 nitrogen and oxygen atoms in total. The molecule has 7 heteroatoms. The Morgan fingerprint density at radius 2 is 2.17 bits per heavy atom. The molecule has 0 radical (unpaired) electrons. The normalized spacial score (nSPS) is 20.7. The van der Waals surface area contributed by atoms with Gasteiger partial charge in [-0.1, -0.05) is 17.7 Å². The molecule has 1 heterocycles. The molecule has 1 aromatic rings. The van der Waals surface area contributed by atoms with Crippen molar-refractivity contribution in [2.45, 2.75) is 17.4 Å². The van der Waals surface area contributed by atoms with Gasteiger partial charge < -0.3 is 5.32 Å². The number of hydrogen-bond acceptors (Lipinski definition) is 3. The van der Waals surface area contributed by atoms with Crippen molar-refractivity contribution >= 4 is 34.0 Å². The van der Waals surface area contributed by atoms with Gasteiger partial charge in [-0.3, -0.25) is 0 Å². The third-order valence-corrected chi connectivity index (χ3v) is 5.09. The molecule has 0 saturated carbocycles. The van der Waals surface area contributed by atoms with Crippen molar-refractivity contribution < 1.29 is 8.42 Å². The summed E-state index contributed by atoms with van der Waals surface area (Å²) in [6, 6.07) is 6.63. The minimum Gasteiger partial charge on any atom is -0.316 e. The van der Waals surface area contributed by atoms with Crippen LogP contribution in [-0.2, 0) is 10.0 Å². The van der Waals surface area contributed by atoms with Crippen LogP contribution in [-0.4, -0.2) is 38.9 Å². The van der Waals surface area contributed by atoms with E-state index in [1.165, 1.54) is 10.4 Å². The molecule has 1 aliphatic rings. The van der Waals surface area contributed by atoms with Gasteiger partial charge in [-0.2, -0.15) is 4.31 Å². The number of benzene rings is 1. The highest BCUT2D eigenvalue weighted by atomic mass is 35.5. The van der Waals surface area contributed by atoms with Gasteiger partial charge in [-0.25, -0.2) is 8.42 Å². The monoisotopic (exact) mass is 310 g/mol. The number of rotatable bonds is 3. The Morgan fingerprint density at radius 1 is 1.44 bits per heavy atom. The lowest BCUT2D eigenvalue weighted by Gasteiger charge is -2.16. The fourth-order valence-electron chi connectivity index (χ4n) is 1.96. The van der Waals surface area contributed by atoms with Gasteiger partial charge in [0.05, 0.1) is 4.90 Å². The van der Waals surface area contributed by atoms with E-state index in [-0.39, 0.29) is 23.3 Å². The molecule has 0 aromatic heterocycles. The molecule has 1 aliphatic heterocycles. The molecule has 0 amide bonds. The molecule has 1 saturated heterocycles. The van der Waals surface area contributed by atoms with Crippen molar-refractivity contribution in [2.75, 3.05) is 20.1 Å². The Balaban J connectivity index is 0.00000162. The summed E-state index contributed by atoms with van der Waals surface area (Å²) in [5.74, 6) is 0. The maximum Gasteiger partial charge on any atom is 0.243 e. The van der Waals surface area contributed by atoms with E-state index < -0.39 is 10.0 Å². The summed E-state index contributed by atoms with van der Waals surface area (Å²) >= 11 is 5.82. The molecule has 1 fully saturated rings. The lowest BCUT2D eigenvalue weighted by atomic mass is 10.3. The second-order valence-electron chi connectivity index (χ2n) is 4.09. The van der Waals surface area contributed by atoms with Crippen LogP contribution in [0.4, 0.5) is 0 Å². The number of nitrogens with zero attached hydrogens (tertiary/aromatic N) is 1. The third-order valence-electron chi connectivity index (χ3n) is 2.99. The van der Waals surface area contributed by atoms with E-state index in [0.717, 1.165) is 6.42 Å². The second-order valence-corrected chi connectivity index (χ2v) is 6.47. The molecule has 1 aromatic carbocycles. The fourth-order valence-corrected chi connectivity index (χ4v) is 3.76. The molecule has 2 rings (SSSR count). The van der Waals surface area contributed by atoms with Gasteiger partial charge in [0.2, 0.25) is 10.0 Å². The quantitative estimate of drug-likeness (QED) is 0.925. The Labute approximate surface area is 119 Å². The van der Waals surface area contributed by atoms with E-state index in [4.69, 9.17) is 11.6 Å². The molecule has 18 heavy (non-hydrogen) atoms. The predicted octanol–water partition coefficient (Wildman–Crippen LogP) is 1.74. The van der Waals surface area contributed by atoms with Crippen LogP contribution in [0.1, 0.15) is 6.42 Å². The van der Waals surface area contributed by atoms with E-state index in [1.807, 2.05) is 7.05 Å². The lowest BCUT2D eigenvalue weighted by Crippen LogP contribution is -2.33. The molecular weight excluding hydrogens is 295 g/mol. The second kappa shape index (κ2) is 6.21. The van der Waals surface area contributed by atoms with Crippen LogP contribution < -0.4 is 5.32 Å². The number of sulfonamides is 1. The van der Waals surface area contributed by atoms with Crippen molar-refractivity contribution in [1.82, 2.24) is 9.62 Å². The fraction of sp³-hybridized carbons (Fsp3) is 0.455. The summed E-state index contributed by atoms with van der Waals surface area (Å²) in [6.45, 7) is 1.08. The van der Waals surface area contributed by atoms with Crippen LogP contribution in [0.3, 0.4) is 0 Å². The SMILES string of the molecule is CN[C@H]1CCN(S(=O)(=O)c2cccc(Cl)c2)C1.Cl. The van der Waals surface area contributed by atoms with Gasteiger partial charge in [0.1, 0.15) is 0 Å². The standard InChI is InChI=1S/C11H15ClN2O2S.ClH/c1-13-10-5-6-14(8-10)17(15,16)11-4-2-3-9(12)7-11;/h2-4,7,10,13H,5-6,8H2,1H3;1H/t10-;/m0./s1. The highest BCUT2D eigenvalue weighted by molar-refractivity contribution is 7.89. The summed E-state index contributed by atoms with van der Waals surface area (Å²) < 4.78 is 26.1. The van der Waals surface area contributed by atoms with Gasteiger partial charge in [0.15, 0.2) is 0 Å². The largest absolute Gasteiger partial charge is 0.316 e. The number of nitrogens with one attached hydrogen (secondary N) is 1. The van der Waals surface area contributed by atoms with Crippen LogP contribution in [0.25, 0.3) is 0 Å². The Bertz CT molecular complexity index is 508. The minimum atomic E-state index is -3.40. The van der Waals surface area contributed by atoms with Crippen LogP contribution in [0.15, 0.2) is 29.2 Å². The minimum absolute atomic E-state index is 0. The van der Waals surface area contributed by atoms with Gasteiger partial charge in [-0.15, -0.1) is 12.4 Å². The highest BCUT2D eigenvalue weighted by Crippen LogP contribution is 2.23. The van der Waals surface area contributed by atoms with Crippen molar-refractivity contribution in [3.8, 4) is 0 Å².